The van der Waals surface area contributed by atoms with Crippen molar-refractivity contribution >= 4 is 43.9 Å². The summed E-state index contributed by atoms with van der Waals surface area (Å²) in [7, 11) is -3.17. The summed E-state index contributed by atoms with van der Waals surface area (Å²) < 4.78 is 53.3. The quantitative estimate of drug-likeness (QED) is 0.478. The van der Waals surface area contributed by atoms with Crippen LogP contribution in [-0.4, -0.2) is 42.4 Å². The Labute approximate surface area is 174 Å². The lowest BCUT2D eigenvalue weighted by Crippen LogP contribution is -2.30. The van der Waals surface area contributed by atoms with Crippen molar-refractivity contribution in [3.05, 3.63) is 50.0 Å². The number of carbonyl (C=O) groups excluding carboxylic acids is 1. The van der Waals surface area contributed by atoms with Crippen LogP contribution in [-0.2, 0) is 34.0 Å². The Bertz CT molecular complexity index is 1100. The minimum Gasteiger partial charge on any atom is -0.355 e. The first kappa shape index (κ1) is 21.1. The molecule has 2 aromatic rings. The molecular weight excluding hydrogens is 476 g/mol. The topological polar surface area (TPSA) is 84.0 Å². The second kappa shape index (κ2) is 8.03. The molecule has 0 saturated carbocycles. The van der Waals surface area contributed by atoms with Gasteiger partial charge in [-0.25, -0.2) is 17.2 Å². The van der Waals surface area contributed by atoms with Gasteiger partial charge in [-0.05, 0) is 46.7 Å². The van der Waals surface area contributed by atoms with E-state index in [4.69, 9.17) is 12.2 Å². The van der Waals surface area contributed by atoms with Crippen molar-refractivity contribution in [2.45, 2.75) is 25.3 Å². The van der Waals surface area contributed by atoms with Gasteiger partial charge in [0.2, 0.25) is 5.91 Å². The maximum absolute atomic E-state index is 14.4. The van der Waals surface area contributed by atoms with Crippen molar-refractivity contribution < 1.29 is 22.0 Å². The molecule has 0 spiro atoms. The summed E-state index contributed by atoms with van der Waals surface area (Å²) in [4.78, 5) is 15.1. The van der Waals surface area contributed by atoms with Gasteiger partial charge in [0.25, 0.3) is 0 Å². The van der Waals surface area contributed by atoms with Gasteiger partial charge in [-0.3, -0.25) is 4.79 Å². The number of aromatic amines is 1. The van der Waals surface area contributed by atoms with Crippen LogP contribution in [0.1, 0.15) is 22.9 Å². The van der Waals surface area contributed by atoms with Crippen LogP contribution in [0.2, 0.25) is 0 Å². The lowest BCUT2D eigenvalue weighted by atomic mass is 9.95. The summed E-state index contributed by atoms with van der Waals surface area (Å²) in [5.74, 6) is -2.19. The van der Waals surface area contributed by atoms with Gasteiger partial charge in [-0.1, -0.05) is 0 Å². The normalized spacial score (nSPS) is 16.2. The predicted molar refractivity (Wildman–Crippen MR) is 107 cm³/mol. The monoisotopic (exact) mass is 493 g/mol. The second-order valence-electron chi connectivity index (χ2n) is 6.78. The Hall–Kier alpha value is -1.59. The molecule has 0 saturated heterocycles. The molecule has 0 aliphatic carbocycles. The second-order valence-corrected chi connectivity index (χ2v) is 10.3. The summed E-state index contributed by atoms with van der Waals surface area (Å²) in [5, 5.41) is 2.55. The molecule has 2 heterocycles. The zero-order chi connectivity index (χ0) is 20.6. The summed E-state index contributed by atoms with van der Waals surface area (Å²) in [6, 6.07) is 2.54. The molecule has 0 bridgehead atoms. The van der Waals surface area contributed by atoms with E-state index in [0.717, 1.165) is 11.9 Å². The average molecular weight is 494 g/mol. The number of halogens is 3. The van der Waals surface area contributed by atoms with Crippen molar-refractivity contribution in [2.75, 3.05) is 18.6 Å². The van der Waals surface area contributed by atoms with Crippen molar-refractivity contribution in [2.24, 2.45) is 0 Å². The van der Waals surface area contributed by atoms with Gasteiger partial charge in [0, 0.05) is 42.2 Å². The Morgan fingerprint density at radius 1 is 1.43 bits per heavy atom. The highest BCUT2D eigenvalue weighted by molar-refractivity contribution is 9.10. The van der Waals surface area contributed by atoms with Crippen LogP contribution in [0, 0.1) is 16.4 Å². The molecule has 1 aromatic carbocycles. The van der Waals surface area contributed by atoms with Crippen molar-refractivity contribution in [1.29, 1.82) is 0 Å². The summed E-state index contributed by atoms with van der Waals surface area (Å²) in [5.41, 5.74) is 1.29. The van der Waals surface area contributed by atoms with Gasteiger partial charge in [-0.15, -0.1) is 0 Å². The fourth-order valence-corrected chi connectivity index (χ4v) is 4.48. The fraction of sp³-hybridized carbons (Fsp3) is 0.412. The molecule has 1 unspecified atom stereocenters. The van der Waals surface area contributed by atoms with Crippen LogP contribution in [0.15, 0.2) is 16.6 Å². The first-order chi connectivity index (χ1) is 13.1. The molecule has 11 heteroatoms. The van der Waals surface area contributed by atoms with Gasteiger partial charge in [0.05, 0.1) is 16.6 Å². The van der Waals surface area contributed by atoms with Gasteiger partial charge in [0.1, 0.15) is 21.5 Å². The van der Waals surface area contributed by atoms with Crippen molar-refractivity contribution in [3.63, 3.8) is 0 Å². The van der Waals surface area contributed by atoms with E-state index in [9.17, 15) is 22.0 Å². The third kappa shape index (κ3) is 4.52. The van der Waals surface area contributed by atoms with E-state index in [1.165, 1.54) is 12.1 Å². The number of imidazole rings is 1. The molecule has 1 atom stereocenters. The number of fused-ring (bicyclic) bond motifs is 1. The predicted octanol–water partition coefficient (Wildman–Crippen LogP) is 2.63. The lowest BCUT2D eigenvalue weighted by Gasteiger charge is -2.13. The van der Waals surface area contributed by atoms with E-state index >= 15 is 0 Å². The number of sulfone groups is 1. The molecule has 28 heavy (non-hydrogen) atoms. The Kier molecular flexibility index (Phi) is 6.06. The number of amides is 1. The van der Waals surface area contributed by atoms with E-state index in [-0.39, 0.29) is 34.7 Å². The number of H-pyrrole nitrogens is 1. The molecule has 1 aliphatic heterocycles. The Balaban J connectivity index is 1.76. The van der Waals surface area contributed by atoms with E-state index in [1.54, 1.807) is 4.57 Å². The van der Waals surface area contributed by atoms with E-state index < -0.39 is 27.4 Å². The molecule has 1 aliphatic rings. The number of hydrogen-bond donors (Lipinski definition) is 2. The molecule has 0 fully saturated rings. The largest absolute Gasteiger partial charge is 0.355 e. The minimum absolute atomic E-state index is 0.00368. The third-order valence-corrected chi connectivity index (χ3v) is 6.52. The zero-order valence-corrected chi connectivity index (χ0v) is 18.1. The number of carbonyl (C=O) groups is 1. The average Bonchev–Trinajstić information content (AvgIpc) is 3.12. The molecule has 2 N–H and O–H groups in total. The molecule has 1 amide bonds. The highest BCUT2D eigenvalue weighted by Gasteiger charge is 2.31. The number of nitrogens with one attached hydrogen (secondary N) is 2. The van der Waals surface area contributed by atoms with Crippen LogP contribution in [0.25, 0.3) is 0 Å². The maximum Gasteiger partial charge on any atom is 0.226 e. The van der Waals surface area contributed by atoms with Gasteiger partial charge >= 0.3 is 0 Å². The van der Waals surface area contributed by atoms with E-state index in [1.807, 2.05) is 0 Å². The molecule has 6 nitrogen and oxygen atoms in total. The number of aromatic nitrogens is 2. The summed E-state index contributed by atoms with van der Waals surface area (Å²) >= 11 is 8.36. The Morgan fingerprint density at radius 2 is 2.14 bits per heavy atom. The van der Waals surface area contributed by atoms with Crippen molar-refractivity contribution in [1.82, 2.24) is 14.9 Å². The van der Waals surface area contributed by atoms with Crippen molar-refractivity contribution in [3.8, 4) is 0 Å². The number of hydrogen-bond acceptors (Lipinski definition) is 4. The highest BCUT2D eigenvalue weighted by Crippen LogP contribution is 2.36. The highest BCUT2D eigenvalue weighted by atomic mass is 79.9. The number of rotatable bonds is 6. The van der Waals surface area contributed by atoms with Gasteiger partial charge < -0.3 is 14.9 Å². The maximum atomic E-state index is 14.4. The third-order valence-electron chi connectivity index (χ3n) is 4.64. The first-order valence-corrected chi connectivity index (χ1v) is 11.7. The van der Waals surface area contributed by atoms with E-state index in [2.05, 4.69) is 26.2 Å². The standard InChI is InChI=1S/C17H18BrF2N3O3S2/c1-28(25,26)5-4-21-14(24)7-12-13-6-9(8-23(13)17(27)22-12)15-11(19)3-2-10(18)16(15)20/h2-3,9H,4-8H2,1H3,(H,21,24)(H,22,27). The zero-order valence-electron chi connectivity index (χ0n) is 14.9. The molecular formula is C17H18BrF2N3O3S2. The SMILES string of the molecule is CS(=O)(=O)CCNC(=O)Cc1[nH]c(=S)n2c1CC(c1c(F)ccc(Br)c1F)C2. The van der Waals surface area contributed by atoms with Crippen LogP contribution < -0.4 is 5.32 Å². The number of nitrogens with zero attached hydrogens (tertiary/aromatic N) is 1. The van der Waals surface area contributed by atoms with Gasteiger partial charge in [-0.2, -0.15) is 0 Å². The molecule has 152 valence electrons. The lowest BCUT2D eigenvalue weighted by molar-refractivity contribution is -0.120. The summed E-state index contributed by atoms with van der Waals surface area (Å²) in [6.07, 6.45) is 1.41. The minimum atomic E-state index is -3.17. The molecule has 3 rings (SSSR count). The molecule has 1 aromatic heterocycles. The van der Waals surface area contributed by atoms with Crippen LogP contribution >= 0.6 is 28.1 Å². The van der Waals surface area contributed by atoms with Crippen LogP contribution in [0.3, 0.4) is 0 Å². The van der Waals surface area contributed by atoms with Gasteiger partial charge in [0.15, 0.2) is 4.77 Å². The first-order valence-electron chi connectivity index (χ1n) is 8.45. The van der Waals surface area contributed by atoms with Crippen LogP contribution in [0.5, 0.6) is 0 Å². The molecule has 0 radical (unpaired) electrons. The fourth-order valence-electron chi connectivity index (χ4n) is 3.35. The van der Waals surface area contributed by atoms with Crippen LogP contribution in [0.4, 0.5) is 8.78 Å². The number of benzene rings is 1. The Morgan fingerprint density at radius 3 is 2.82 bits per heavy atom. The van der Waals surface area contributed by atoms with E-state index in [0.29, 0.717) is 23.4 Å². The summed E-state index contributed by atoms with van der Waals surface area (Å²) in [6.45, 7) is 0.330. The smallest absolute Gasteiger partial charge is 0.226 e.